The van der Waals surface area contributed by atoms with Gasteiger partial charge in [-0.2, -0.15) is 0 Å². The van der Waals surface area contributed by atoms with Crippen LogP contribution in [0.15, 0.2) is 24.3 Å². The fraction of sp³-hybridized carbons (Fsp3) is 0.467. The van der Waals surface area contributed by atoms with Gasteiger partial charge in [-0.25, -0.2) is 0 Å². The second-order valence-electron chi connectivity index (χ2n) is 5.14. The Bertz CT molecular complexity index is 581. The van der Waals surface area contributed by atoms with Crippen LogP contribution in [0.5, 0.6) is 0 Å². The summed E-state index contributed by atoms with van der Waals surface area (Å²) in [7, 11) is 0. The predicted octanol–water partition coefficient (Wildman–Crippen LogP) is 2.46. The van der Waals surface area contributed by atoms with Crippen LogP contribution in [0.4, 0.5) is 10.8 Å². The van der Waals surface area contributed by atoms with Gasteiger partial charge in [-0.1, -0.05) is 29.5 Å². The van der Waals surface area contributed by atoms with Crippen LogP contribution in [0.2, 0.25) is 0 Å². The molecule has 0 spiro atoms. The molecule has 5 nitrogen and oxygen atoms in total. The van der Waals surface area contributed by atoms with Gasteiger partial charge in [0.05, 0.1) is 13.2 Å². The largest absolute Gasteiger partial charge is 0.379 e. The molecular formula is C15H20N4OS. The standard InChI is InChI=1S/C15H20N4OS/c1-12-4-2-3-5-13(12)16-15-18-17-14(21-15)6-7-19-8-10-20-11-9-19/h2-5H,6-11H2,1H3,(H,16,18). The zero-order valence-electron chi connectivity index (χ0n) is 12.2. The van der Waals surface area contributed by atoms with E-state index in [0.717, 1.165) is 55.1 Å². The van der Waals surface area contributed by atoms with Crippen LogP contribution in [-0.2, 0) is 11.2 Å². The molecular weight excluding hydrogens is 284 g/mol. The van der Waals surface area contributed by atoms with E-state index >= 15 is 0 Å². The van der Waals surface area contributed by atoms with Crippen molar-refractivity contribution in [2.45, 2.75) is 13.3 Å². The van der Waals surface area contributed by atoms with Gasteiger partial charge in [-0.3, -0.25) is 4.90 Å². The van der Waals surface area contributed by atoms with Gasteiger partial charge in [-0.15, -0.1) is 10.2 Å². The molecule has 0 aliphatic carbocycles. The lowest BCUT2D eigenvalue weighted by Crippen LogP contribution is -2.37. The zero-order chi connectivity index (χ0) is 14.5. The first-order chi connectivity index (χ1) is 10.3. The highest BCUT2D eigenvalue weighted by atomic mass is 32.1. The number of para-hydroxylation sites is 1. The van der Waals surface area contributed by atoms with Crippen molar-refractivity contribution in [3.63, 3.8) is 0 Å². The molecule has 1 aromatic heterocycles. The summed E-state index contributed by atoms with van der Waals surface area (Å²) in [6, 6.07) is 8.21. The van der Waals surface area contributed by atoms with Crippen molar-refractivity contribution in [2.24, 2.45) is 0 Å². The smallest absolute Gasteiger partial charge is 0.210 e. The minimum Gasteiger partial charge on any atom is -0.379 e. The van der Waals surface area contributed by atoms with Crippen LogP contribution in [0.3, 0.4) is 0 Å². The summed E-state index contributed by atoms with van der Waals surface area (Å²) in [5.41, 5.74) is 2.30. The maximum absolute atomic E-state index is 5.36. The minimum absolute atomic E-state index is 0.843. The number of ether oxygens (including phenoxy) is 1. The van der Waals surface area contributed by atoms with Crippen LogP contribution in [0, 0.1) is 6.92 Å². The fourth-order valence-electron chi connectivity index (χ4n) is 2.31. The third kappa shape index (κ3) is 4.00. The SMILES string of the molecule is Cc1ccccc1Nc1nnc(CCN2CCOCC2)s1. The van der Waals surface area contributed by atoms with E-state index in [2.05, 4.69) is 39.5 Å². The Morgan fingerprint density at radius 3 is 2.86 bits per heavy atom. The van der Waals surface area contributed by atoms with Crippen molar-refractivity contribution in [1.29, 1.82) is 0 Å². The van der Waals surface area contributed by atoms with Gasteiger partial charge in [-0.05, 0) is 18.6 Å². The van der Waals surface area contributed by atoms with Gasteiger partial charge in [0.2, 0.25) is 5.13 Å². The molecule has 2 aromatic rings. The normalized spacial score (nSPS) is 16.0. The second kappa shape index (κ2) is 6.98. The van der Waals surface area contributed by atoms with E-state index in [0.29, 0.717) is 0 Å². The molecule has 112 valence electrons. The summed E-state index contributed by atoms with van der Waals surface area (Å²) >= 11 is 1.63. The number of rotatable bonds is 5. The maximum Gasteiger partial charge on any atom is 0.210 e. The monoisotopic (exact) mass is 304 g/mol. The van der Waals surface area contributed by atoms with Crippen molar-refractivity contribution < 1.29 is 4.74 Å². The van der Waals surface area contributed by atoms with E-state index in [1.807, 2.05) is 12.1 Å². The summed E-state index contributed by atoms with van der Waals surface area (Å²) in [6.45, 7) is 6.84. The molecule has 6 heteroatoms. The summed E-state index contributed by atoms with van der Waals surface area (Å²) in [5, 5.41) is 13.8. The van der Waals surface area contributed by atoms with Crippen molar-refractivity contribution in [3.8, 4) is 0 Å². The zero-order valence-corrected chi connectivity index (χ0v) is 13.0. The van der Waals surface area contributed by atoms with E-state index in [-0.39, 0.29) is 0 Å². The van der Waals surface area contributed by atoms with Gasteiger partial charge in [0.25, 0.3) is 0 Å². The highest BCUT2D eigenvalue weighted by molar-refractivity contribution is 7.15. The first-order valence-corrected chi connectivity index (χ1v) is 8.08. The number of nitrogens with zero attached hydrogens (tertiary/aromatic N) is 3. The number of hydrogen-bond acceptors (Lipinski definition) is 6. The topological polar surface area (TPSA) is 50.3 Å². The van der Waals surface area contributed by atoms with Gasteiger partial charge in [0.1, 0.15) is 5.01 Å². The molecule has 1 saturated heterocycles. The average molecular weight is 304 g/mol. The van der Waals surface area contributed by atoms with Crippen LogP contribution in [0.25, 0.3) is 0 Å². The number of aromatic nitrogens is 2. The molecule has 0 bridgehead atoms. The molecule has 2 heterocycles. The summed E-state index contributed by atoms with van der Waals surface area (Å²) < 4.78 is 5.36. The lowest BCUT2D eigenvalue weighted by Gasteiger charge is -2.25. The Labute approximate surface area is 129 Å². The number of hydrogen-bond donors (Lipinski definition) is 1. The van der Waals surface area contributed by atoms with Gasteiger partial charge in [0, 0.05) is 31.7 Å². The Balaban J connectivity index is 1.55. The third-order valence-corrected chi connectivity index (χ3v) is 4.50. The van der Waals surface area contributed by atoms with E-state index in [1.165, 1.54) is 5.56 Å². The molecule has 0 radical (unpaired) electrons. The van der Waals surface area contributed by atoms with Gasteiger partial charge < -0.3 is 10.1 Å². The summed E-state index contributed by atoms with van der Waals surface area (Å²) in [5.74, 6) is 0. The van der Waals surface area contributed by atoms with Crippen molar-refractivity contribution in [2.75, 3.05) is 38.2 Å². The molecule has 1 aliphatic rings. The van der Waals surface area contributed by atoms with Crippen molar-refractivity contribution in [1.82, 2.24) is 15.1 Å². The second-order valence-corrected chi connectivity index (χ2v) is 6.21. The molecule has 21 heavy (non-hydrogen) atoms. The average Bonchev–Trinajstić information content (AvgIpc) is 2.96. The Kier molecular flexibility index (Phi) is 4.80. The van der Waals surface area contributed by atoms with Crippen LogP contribution < -0.4 is 5.32 Å². The number of nitrogens with one attached hydrogen (secondary N) is 1. The van der Waals surface area contributed by atoms with Gasteiger partial charge in [0.15, 0.2) is 0 Å². The first-order valence-electron chi connectivity index (χ1n) is 7.26. The number of morpholine rings is 1. The van der Waals surface area contributed by atoms with E-state index in [1.54, 1.807) is 11.3 Å². The Morgan fingerprint density at radius 2 is 2.05 bits per heavy atom. The summed E-state index contributed by atoms with van der Waals surface area (Å²) in [6.07, 6.45) is 0.952. The molecule has 1 aromatic carbocycles. The number of anilines is 2. The minimum atomic E-state index is 0.843. The van der Waals surface area contributed by atoms with Crippen LogP contribution in [-0.4, -0.2) is 47.9 Å². The van der Waals surface area contributed by atoms with Crippen LogP contribution >= 0.6 is 11.3 Å². The molecule has 0 saturated carbocycles. The number of benzene rings is 1. The van der Waals surface area contributed by atoms with Crippen molar-refractivity contribution in [3.05, 3.63) is 34.8 Å². The van der Waals surface area contributed by atoms with E-state index in [4.69, 9.17) is 4.74 Å². The van der Waals surface area contributed by atoms with Crippen LogP contribution in [0.1, 0.15) is 10.6 Å². The Morgan fingerprint density at radius 1 is 1.24 bits per heavy atom. The molecule has 1 fully saturated rings. The number of aryl methyl sites for hydroxylation is 1. The third-order valence-electron chi connectivity index (χ3n) is 3.60. The molecule has 0 atom stereocenters. The first kappa shape index (κ1) is 14.4. The molecule has 1 N–H and O–H groups in total. The lowest BCUT2D eigenvalue weighted by atomic mass is 10.2. The van der Waals surface area contributed by atoms with E-state index < -0.39 is 0 Å². The molecule has 0 unspecified atom stereocenters. The predicted molar refractivity (Wildman–Crippen MR) is 85.3 cm³/mol. The maximum atomic E-state index is 5.36. The molecule has 3 rings (SSSR count). The fourth-order valence-corrected chi connectivity index (χ4v) is 3.05. The highest BCUT2D eigenvalue weighted by Crippen LogP contribution is 2.23. The Hall–Kier alpha value is -1.50. The van der Waals surface area contributed by atoms with Crippen molar-refractivity contribution >= 4 is 22.2 Å². The van der Waals surface area contributed by atoms with Gasteiger partial charge >= 0.3 is 0 Å². The van der Waals surface area contributed by atoms with E-state index in [9.17, 15) is 0 Å². The molecule has 0 amide bonds. The highest BCUT2D eigenvalue weighted by Gasteiger charge is 2.12. The molecule has 1 aliphatic heterocycles. The lowest BCUT2D eigenvalue weighted by molar-refractivity contribution is 0.0384. The quantitative estimate of drug-likeness (QED) is 0.919. The summed E-state index contributed by atoms with van der Waals surface area (Å²) in [4.78, 5) is 2.42.